The molecule has 1 fully saturated rings. The zero-order chi connectivity index (χ0) is 18.9. The van der Waals surface area contributed by atoms with Gasteiger partial charge in [0.15, 0.2) is 17.6 Å². The van der Waals surface area contributed by atoms with E-state index in [9.17, 15) is 13.6 Å². The molecule has 26 heavy (non-hydrogen) atoms. The number of ether oxygens (including phenoxy) is 2. The fraction of sp³-hybridized carbons (Fsp3) is 0.556. The first-order valence-electron chi connectivity index (χ1n) is 8.75. The molecule has 0 saturated carbocycles. The van der Waals surface area contributed by atoms with Crippen LogP contribution in [-0.4, -0.2) is 56.7 Å². The Morgan fingerprint density at radius 1 is 1.31 bits per heavy atom. The number of esters is 1. The van der Waals surface area contributed by atoms with Gasteiger partial charge in [-0.25, -0.2) is 8.78 Å². The van der Waals surface area contributed by atoms with Crippen molar-refractivity contribution in [2.75, 3.05) is 39.9 Å². The molecule has 1 aliphatic heterocycles. The molecule has 2 rings (SSSR count). The predicted octanol–water partition coefficient (Wildman–Crippen LogP) is 2.19. The molecular formula is C18H25F2N3O3. The van der Waals surface area contributed by atoms with Gasteiger partial charge in [-0.3, -0.25) is 9.79 Å². The van der Waals surface area contributed by atoms with E-state index in [1.807, 2.05) is 0 Å². The number of hydrogen-bond donors (Lipinski definition) is 1. The number of piperidine rings is 1. The van der Waals surface area contributed by atoms with Gasteiger partial charge in [-0.05, 0) is 31.9 Å². The lowest BCUT2D eigenvalue weighted by Gasteiger charge is -2.33. The molecule has 6 nitrogen and oxygen atoms in total. The summed E-state index contributed by atoms with van der Waals surface area (Å²) in [5, 5.41) is 3.17. The normalized spacial score (nSPS) is 15.7. The second-order valence-corrected chi connectivity index (χ2v) is 5.91. The molecule has 0 amide bonds. The average molecular weight is 369 g/mol. The number of halogens is 2. The van der Waals surface area contributed by atoms with Crippen LogP contribution in [0.2, 0.25) is 0 Å². The zero-order valence-corrected chi connectivity index (χ0v) is 15.1. The Balaban J connectivity index is 1.73. The molecule has 0 radical (unpaired) electrons. The highest BCUT2D eigenvalue weighted by Gasteiger charge is 2.27. The van der Waals surface area contributed by atoms with E-state index in [4.69, 9.17) is 9.47 Å². The molecule has 0 atom stereocenters. The number of rotatable bonds is 6. The van der Waals surface area contributed by atoms with Crippen LogP contribution in [0.15, 0.2) is 23.2 Å². The minimum absolute atomic E-state index is 0.0546. The summed E-state index contributed by atoms with van der Waals surface area (Å²) in [5.41, 5.74) is 0. The minimum Gasteiger partial charge on any atom is -0.492 e. The quantitative estimate of drug-likeness (QED) is 0.360. The number of hydrogen-bond acceptors (Lipinski definition) is 4. The van der Waals surface area contributed by atoms with Crippen LogP contribution < -0.4 is 10.1 Å². The average Bonchev–Trinajstić information content (AvgIpc) is 2.65. The first kappa shape index (κ1) is 19.9. The van der Waals surface area contributed by atoms with Crippen molar-refractivity contribution in [3.05, 3.63) is 29.8 Å². The van der Waals surface area contributed by atoms with E-state index in [0.717, 1.165) is 30.9 Å². The summed E-state index contributed by atoms with van der Waals surface area (Å²) in [6, 6.07) is 3.43. The molecule has 0 unspecified atom stereocenters. The molecule has 1 aliphatic rings. The third-order valence-corrected chi connectivity index (χ3v) is 4.17. The van der Waals surface area contributed by atoms with Crippen LogP contribution in [0.4, 0.5) is 8.78 Å². The van der Waals surface area contributed by atoms with Gasteiger partial charge >= 0.3 is 5.97 Å². The highest BCUT2D eigenvalue weighted by Crippen LogP contribution is 2.19. The molecule has 1 heterocycles. The van der Waals surface area contributed by atoms with Crippen molar-refractivity contribution >= 4 is 11.9 Å². The van der Waals surface area contributed by atoms with Gasteiger partial charge in [-0.2, -0.15) is 0 Å². The van der Waals surface area contributed by atoms with Crippen LogP contribution in [0, 0.1) is 17.6 Å². The molecule has 1 aromatic carbocycles. The first-order chi connectivity index (χ1) is 12.5. The van der Waals surface area contributed by atoms with Crippen molar-refractivity contribution in [3.63, 3.8) is 0 Å². The van der Waals surface area contributed by atoms with Gasteiger partial charge < -0.3 is 19.7 Å². The Labute approximate surface area is 152 Å². The van der Waals surface area contributed by atoms with Crippen LogP contribution in [0.3, 0.4) is 0 Å². The largest absolute Gasteiger partial charge is 0.492 e. The maximum absolute atomic E-state index is 13.1. The topological polar surface area (TPSA) is 63.2 Å². The Hall–Kier alpha value is -2.38. The number of guanidine groups is 1. The molecule has 0 aromatic heterocycles. The number of aliphatic imine (C=N–C) groups is 1. The Morgan fingerprint density at radius 2 is 2.04 bits per heavy atom. The van der Waals surface area contributed by atoms with Crippen LogP contribution in [-0.2, 0) is 9.53 Å². The molecule has 0 aliphatic carbocycles. The maximum atomic E-state index is 13.1. The summed E-state index contributed by atoms with van der Waals surface area (Å²) in [7, 11) is 1.69. The summed E-state index contributed by atoms with van der Waals surface area (Å²) in [4.78, 5) is 18.1. The Bertz CT molecular complexity index is 632. The molecule has 8 heteroatoms. The highest BCUT2D eigenvalue weighted by molar-refractivity contribution is 5.80. The fourth-order valence-corrected chi connectivity index (χ4v) is 2.82. The van der Waals surface area contributed by atoms with Crippen molar-refractivity contribution in [1.82, 2.24) is 10.2 Å². The van der Waals surface area contributed by atoms with E-state index in [-0.39, 0.29) is 24.2 Å². The van der Waals surface area contributed by atoms with Crippen LogP contribution in [0.25, 0.3) is 0 Å². The van der Waals surface area contributed by atoms with Gasteiger partial charge in [0.05, 0.1) is 19.1 Å². The van der Waals surface area contributed by atoms with Crippen LogP contribution in [0.1, 0.15) is 19.8 Å². The highest BCUT2D eigenvalue weighted by atomic mass is 19.2. The summed E-state index contributed by atoms with van der Waals surface area (Å²) >= 11 is 0. The molecular weight excluding hydrogens is 344 g/mol. The molecule has 1 saturated heterocycles. The monoisotopic (exact) mass is 369 g/mol. The molecule has 1 N–H and O–H groups in total. The first-order valence-corrected chi connectivity index (χ1v) is 8.75. The van der Waals surface area contributed by atoms with E-state index in [1.54, 1.807) is 14.0 Å². The van der Waals surface area contributed by atoms with Crippen LogP contribution in [0.5, 0.6) is 5.75 Å². The summed E-state index contributed by atoms with van der Waals surface area (Å²) < 4.78 is 36.5. The fourth-order valence-electron chi connectivity index (χ4n) is 2.82. The molecule has 0 spiro atoms. The number of carbonyl (C=O) groups excluding carboxylic acids is 1. The number of likely N-dealkylation sites (tertiary alicyclic amines) is 1. The van der Waals surface area contributed by atoms with Crippen molar-refractivity contribution in [2.24, 2.45) is 10.9 Å². The van der Waals surface area contributed by atoms with E-state index < -0.39 is 11.6 Å². The van der Waals surface area contributed by atoms with E-state index in [2.05, 4.69) is 15.2 Å². The lowest BCUT2D eigenvalue weighted by molar-refractivity contribution is -0.149. The van der Waals surface area contributed by atoms with Crippen molar-refractivity contribution in [2.45, 2.75) is 19.8 Å². The second kappa shape index (κ2) is 9.94. The lowest BCUT2D eigenvalue weighted by atomic mass is 9.97. The molecule has 0 bridgehead atoms. The van der Waals surface area contributed by atoms with E-state index in [0.29, 0.717) is 26.2 Å². The SMILES string of the molecule is CCOC(=O)C1CCN(C(=NC)NCCOc2ccc(F)c(F)c2)CC1. The number of nitrogens with one attached hydrogen (secondary N) is 1. The summed E-state index contributed by atoms with van der Waals surface area (Å²) in [6.07, 6.45) is 1.45. The number of benzene rings is 1. The number of carbonyl (C=O) groups is 1. The second-order valence-electron chi connectivity index (χ2n) is 5.91. The van der Waals surface area contributed by atoms with Gasteiger partial charge in [0.25, 0.3) is 0 Å². The Morgan fingerprint density at radius 3 is 2.65 bits per heavy atom. The smallest absolute Gasteiger partial charge is 0.309 e. The van der Waals surface area contributed by atoms with Crippen molar-refractivity contribution in [1.29, 1.82) is 0 Å². The maximum Gasteiger partial charge on any atom is 0.309 e. The van der Waals surface area contributed by atoms with E-state index >= 15 is 0 Å². The van der Waals surface area contributed by atoms with Gasteiger partial charge in [-0.1, -0.05) is 0 Å². The zero-order valence-electron chi connectivity index (χ0n) is 15.1. The van der Waals surface area contributed by atoms with Crippen molar-refractivity contribution in [3.8, 4) is 5.75 Å². The minimum atomic E-state index is -0.935. The van der Waals surface area contributed by atoms with Crippen molar-refractivity contribution < 1.29 is 23.0 Å². The number of nitrogens with zero attached hydrogens (tertiary/aromatic N) is 2. The third-order valence-electron chi connectivity index (χ3n) is 4.17. The van der Waals surface area contributed by atoms with Gasteiger partial charge in [-0.15, -0.1) is 0 Å². The standard InChI is InChI=1S/C18H25F2N3O3/c1-3-25-17(24)13-6-9-23(10-7-13)18(21-2)22-8-11-26-14-4-5-15(19)16(20)12-14/h4-5,12-13H,3,6-11H2,1-2H3,(H,21,22). The van der Waals surface area contributed by atoms with Gasteiger partial charge in [0.2, 0.25) is 0 Å². The van der Waals surface area contributed by atoms with E-state index in [1.165, 1.54) is 6.07 Å². The molecule has 144 valence electrons. The summed E-state index contributed by atoms with van der Waals surface area (Å²) in [6.45, 7) is 4.38. The predicted molar refractivity (Wildman–Crippen MR) is 94.1 cm³/mol. The van der Waals surface area contributed by atoms with Crippen LogP contribution >= 0.6 is 0 Å². The Kier molecular flexibility index (Phi) is 7.62. The third kappa shape index (κ3) is 5.57. The van der Waals surface area contributed by atoms with Gasteiger partial charge in [0, 0.05) is 26.2 Å². The molecule has 1 aromatic rings. The van der Waals surface area contributed by atoms with Gasteiger partial charge in [0.1, 0.15) is 12.4 Å². The summed E-state index contributed by atoms with van der Waals surface area (Å²) in [5.74, 6) is -1.02. The lowest BCUT2D eigenvalue weighted by Crippen LogP contribution is -2.47.